The smallest absolute Gasteiger partial charge is 0.255 e. The van der Waals surface area contributed by atoms with Crippen molar-refractivity contribution in [1.82, 2.24) is 5.32 Å². The van der Waals surface area contributed by atoms with Gasteiger partial charge in [-0.15, -0.1) is 0 Å². The number of carbonyl (C=O) groups excluding carboxylic acids is 1. The van der Waals surface area contributed by atoms with Crippen LogP contribution in [-0.4, -0.2) is 17.1 Å². The van der Waals surface area contributed by atoms with E-state index in [1.54, 1.807) is 0 Å². The Bertz CT molecular complexity index is 388. The molecular weight excluding hydrogens is 197 g/mol. The standard InChI is InChI=1S/C11H12FNO2/c12-7-4-5-10(14)9(6-7)11(15)13-8-2-1-3-8/h4-6,8,14H,1-3H2,(H,13,15). The van der Waals surface area contributed by atoms with Crippen molar-refractivity contribution in [2.24, 2.45) is 0 Å². The number of hydrogen-bond donors (Lipinski definition) is 2. The molecular formula is C11H12FNO2. The van der Waals surface area contributed by atoms with E-state index in [1.807, 2.05) is 0 Å². The number of phenolic OH excluding ortho intramolecular Hbond substituents is 1. The van der Waals surface area contributed by atoms with Crippen molar-refractivity contribution in [3.8, 4) is 5.75 Å². The van der Waals surface area contributed by atoms with Gasteiger partial charge in [-0.1, -0.05) is 0 Å². The second-order valence-corrected chi connectivity index (χ2v) is 3.76. The molecule has 1 aromatic carbocycles. The average molecular weight is 209 g/mol. The van der Waals surface area contributed by atoms with Crippen LogP contribution in [0.4, 0.5) is 4.39 Å². The van der Waals surface area contributed by atoms with Crippen molar-refractivity contribution in [3.05, 3.63) is 29.6 Å². The molecule has 1 aliphatic rings. The maximum absolute atomic E-state index is 12.8. The summed E-state index contributed by atoms with van der Waals surface area (Å²) in [5.74, 6) is -1.11. The van der Waals surface area contributed by atoms with Crippen molar-refractivity contribution in [2.75, 3.05) is 0 Å². The van der Waals surface area contributed by atoms with Crippen molar-refractivity contribution >= 4 is 5.91 Å². The zero-order chi connectivity index (χ0) is 10.8. The van der Waals surface area contributed by atoms with Gasteiger partial charge < -0.3 is 10.4 Å². The molecule has 0 bridgehead atoms. The molecule has 1 aliphatic carbocycles. The van der Waals surface area contributed by atoms with Crippen LogP contribution < -0.4 is 5.32 Å². The molecule has 0 spiro atoms. The Labute approximate surface area is 86.9 Å². The maximum Gasteiger partial charge on any atom is 0.255 e. The minimum Gasteiger partial charge on any atom is -0.507 e. The Morgan fingerprint density at radius 3 is 2.80 bits per heavy atom. The molecule has 0 radical (unpaired) electrons. The third kappa shape index (κ3) is 2.09. The van der Waals surface area contributed by atoms with Gasteiger partial charge in [-0.3, -0.25) is 4.79 Å². The third-order valence-corrected chi connectivity index (χ3v) is 2.64. The molecule has 0 atom stereocenters. The van der Waals surface area contributed by atoms with E-state index in [2.05, 4.69) is 5.32 Å². The van der Waals surface area contributed by atoms with Crippen molar-refractivity contribution in [3.63, 3.8) is 0 Å². The van der Waals surface area contributed by atoms with Gasteiger partial charge in [0.05, 0.1) is 5.56 Å². The largest absolute Gasteiger partial charge is 0.507 e. The maximum atomic E-state index is 12.8. The van der Waals surface area contributed by atoms with Gasteiger partial charge in [0.15, 0.2) is 0 Å². The molecule has 1 amide bonds. The molecule has 3 nitrogen and oxygen atoms in total. The summed E-state index contributed by atoms with van der Waals surface area (Å²) in [4.78, 5) is 11.6. The van der Waals surface area contributed by atoms with Crippen LogP contribution in [0, 0.1) is 5.82 Å². The molecule has 2 N–H and O–H groups in total. The number of aromatic hydroxyl groups is 1. The lowest BCUT2D eigenvalue weighted by molar-refractivity contribution is 0.0914. The summed E-state index contributed by atoms with van der Waals surface area (Å²) in [5.41, 5.74) is 0.00176. The number of halogens is 1. The van der Waals surface area contributed by atoms with E-state index in [0.29, 0.717) is 0 Å². The Morgan fingerprint density at radius 1 is 1.47 bits per heavy atom. The zero-order valence-electron chi connectivity index (χ0n) is 8.16. The second-order valence-electron chi connectivity index (χ2n) is 3.76. The van der Waals surface area contributed by atoms with Gasteiger partial charge in [0.2, 0.25) is 0 Å². The zero-order valence-corrected chi connectivity index (χ0v) is 8.16. The van der Waals surface area contributed by atoms with Crippen molar-refractivity contribution < 1.29 is 14.3 Å². The first kappa shape index (κ1) is 9.96. The molecule has 1 fully saturated rings. The number of phenols is 1. The number of rotatable bonds is 2. The number of amides is 1. The summed E-state index contributed by atoms with van der Waals surface area (Å²) in [7, 11) is 0. The second kappa shape index (κ2) is 3.88. The Hall–Kier alpha value is -1.58. The first-order chi connectivity index (χ1) is 7.16. The van der Waals surface area contributed by atoms with Gasteiger partial charge in [-0.2, -0.15) is 0 Å². The van der Waals surface area contributed by atoms with E-state index in [9.17, 15) is 14.3 Å². The summed E-state index contributed by atoms with van der Waals surface area (Å²) >= 11 is 0. The van der Waals surface area contributed by atoms with Crippen LogP contribution in [0.1, 0.15) is 29.6 Å². The summed E-state index contributed by atoms with van der Waals surface area (Å²) < 4.78 is 12.8. The Balaban J connectivity index is 2.12. The van der Waals surface area contributed by atoms with Gasteiger partial charge in [-0.05, 0) is 37.5 Å². The highest BCUT2D eigenvalue weighted by Crippen LogP contribution is 2.21. The molecule has 0 aromatic heterocycles. The van der Waals surface area contributed by atoms with Crippen LogP contribution >= 0.6 is 0 Å². The van der Waals surface area contributed by atoms with E-state index in [0.717, 1.165) is 31.4 Å². The van der Waals surface area contributed by atoms with Crippen molar-refractivity contribution in [1.29, 1.82) is 0 Å². The van der Waals surface area contributed by atoms with Crippen LogP contribution in [0.25, 0.3) is 0 Å². The molecule has 0 unspecified atom stereocenters. The van der Waals surface area contributed by atoms with Crippen LogP contribution in [0.15, 0.2) is 18.2 Å². The summed E-state index contributed by atoms with van der Waals surface area (Å²) in [6.07, 6.45) is 3.03. The van der Waals surface area contributed by atoms with E-state index < -0.39 is 11.7 Å². The Kier molecular flexibility index (Phi) is 2.58. The van der Waals surface area contributed by atoms with Crippen molar-refractivity contribution in [2.45, 2.75) is 25.3 Å². The van der Waals surface area contributed by atoms with E-state index in [1.165, 1.54) is 6.07 Å². The first-order valence-electron chi connectivity index (χ1n) is 4.96. The normalized spacial score (nSPS) is 15.8. The quantitative estimate of drug-likeness (QED) is 0.780. The van der Waals surface area contributed by atoms with Gasteiger partial charge in [-0.25, -0.2) is 4.39 Å². The number of hydrogen-bond acceptors (Lipinski definition) is 2. The first-order valence-corrected chi connectivity index (χ1v) is 4.96. The minimum atomic E-state index is -0.522. The van der Waals surface area contributed by atoms with E-state index >= 15 is 0 Å². The predicted octanol–water partition coefficient (Wildman–Crippen LogP) is 1.81. The van der Waals surface area contributed by atoms with E-state index in [4.69, 9.17) is 0 Å². The molecule has 4 heteroatoms. The SMILES string of the molecule is O=C(NC1CCC1)c1cc(F)ccc1O. The molecule has 1 saturated carbocycles. The molecule has 0 saturated heterocycles. The lowest BCUT2D eigenvalue weighted by Gasteiger charge is -2.26. The highest BCUT2D eigenvalue weighted by molar-refractivity contribution is 5.97. The number of nitrogens with one attached hydrogen (secondary N) is 1. The lowest BCUT2D eigenvalue weighted by atomic mass is 9.93. The topological polar surface area (TPSA) is 49.3 Å². The fraction of sp³-hybridized carbons (Fsp3) is 0.364. The molecule has 15 heavy (non-hydrogen) atoms. The Morgan fingerprint density at radius 2 is 2.20 bits per heavy atom. The molecule has 1 aromatic rings. The highest BCUT2D eigenvalue weighted by atomic mass is 19.1. The fourth-order valence-corrected chi connectivity index (χ4v) is 1.51. The fourth-order valence-electron chi connectivity index (χ4n) is 1.51. The third-order valence-electron chi connectivity index (χ3n) is 2.64. The highest BCUT2D eigenvalue weighted by Gasteiger charge is 2.21. The monoisotopic (exact) mass is 209 g/mol. The summed E-state index contributed by atoms with van der Waals surface area (Å²) in [6, 6.07) is 3.53. The van der Waals surface area contributed by atoms with Crippen LogP contribution in [0.5, 0.6) is 5.75 Å². The summed E-state index contributed by atoms with van der Waals surface area (Å²) in [6.45, 7) is 0. The predicted molar refractivity (Wildman–Crippen MR) is 53.2 cm³/mol. The van der Waals surface area contributed by atoms with Gasteiger partial charge >= 0.3 is 0 Å². The van der Waals surface area contributed by atoms with Gasteiger partial charge in [0.1, 0.15) is 11.6 Å². The number of benzene rings is 1. The van der Waals surface area contributed by atoms with Crippen LogP contribution in [0.3, 0.4) is 0 Å². The van der Waals surface area contributed by atoms with Crippen LogP contribution in [0.2, 0.25) is 0 Å². The molecule has 80 valence electrons. The van der Waals surface area contributed by atoms with E-state index in [-0.39, 0.29) is 17.4 Å². The lowest BCUT2D eigenvalue weighted by Crippen LogP contribution is -2.39. The molecule has 2 rings (SSSR count). The summed E-state index contributed by atoms with van der Waals surface area (Å²) in [5, 5.41) is 12.1. The average Bonchev–Trinajstić information content (AvgIpc) is 2.15. The number of carbonyl (C=O) groups is 1. The van der Waals surface area contributed by atoms with Gasteiger partial charge in [0, 0.05) is 6.04 Å². The molecule has 0 heterocycles. The van der Waals surface area contributed by atoms with Gasteiger partial charge in [0.25, 0.3) is 5.91 Å². The minimum absolute atomic E-state index is 0.00176. The molecule has 0 aliphatic heterocycles. The van der Waals surface area contributed by atoms with Crippen LogP contribution in [-0.2, 0) is 0 Å².